The van der Waals surface area contributed by atoms with E-state index in [4.69, 9.17) is 0 Å². The molecule has 0 aliphatic carbocycles. The lowest BCUT2D eigenvalue weighted by Crippen LogP contribution is -2.08. The van der Waals surface area contributed by atoms with E-state index in [0.717, 1.165) is 7.11 Å². The molecule has 0 atom stereocenters. The summed E-state index contributed by atoms with van der Waals surface area (Å²) in [6, 6.07) is 5.71. The molecule has 0 aliphatic heterocycles. The van der Waals surface area contributed by atoms with Crippen molar-refractivity contribution in [1.82, 2.24) is 0 Å². The second-order valence-electron chi connectivity index (χ2n) is 4.01. The number of ether oxygens (including phenoxy) is 1. The Morgan fingerprint density at radius 2 is 1.62 bits per heavy atom. The van der Waals surface area contributed by atoms with Crippen LogP contribution in [0.5, 0.6) is 0 Å². The van der Waals surface area contributed by atoms with E-state index in [0.29, 0.717) is 0 Å². The van der Waals surface area contributed by atoms with Gasteiger partial charge in [0.25, 0.3) is 0 Å². The van der Waals surface area contributed by atoms with E-state index in [1.807, 2.05) is 0 Å². The van der Waals surface area contributed by atoms with E-state index in [9.17, 15) is 22.4 Å². The van der Waals surface area contributed by atoms with Gasteiger partial charge in [0.15, 0.2) is 23.3 Å². The normalized spacial score (nSPS) is 10.3. The molecular formula is C14H9F4NO2. The summed E-state index contributed by atoms with van der Waals surface area (Å²) in [5.41, 5.74) is -1.11. The van der Waals surface area contributed by atoms with Crippen molar-refractivity contribution in [1.29, 1.82) is 0 Å². The maximum absolute atomic E-state index is 13.6. The highest BCUT2D eigenvalue weighted by Crippen LogP contribution is 2.29. The Balaban J connectivity index is 2.51. The van der Waals surface area contributed by atoms with Gasteiger partial charge in [-0.15, -0.1) is 0 Å². The molecule has 21 heavy (non-hydrogen) atoms. The first-order valence-corrected chi connectivity index (χ1v) is 5.73. The first-order chi connectivity index (χ1) is 9.95. The number of hydrogen-bond acceptors (Lipinski definition) is 3. The van der Waals surface area contributed by atoms with Gasteiger partial charge in [0, 0.05) is 6.07 Å². The SMILES string of the molecule is COC(=O)c1ccccc1Nc1c(F)c(F)cc(F)c1F. The summed E-state index contributed by atoms with van der Waals surface area (Å²) in [7, 11) is 1.13. The van der Waals surface area contributed by atoms with Gasteiger partial charge in [0.05, 0.1) is 18.4 Å². The Hall–Kier alpha value is -2.57. The van der Waals surface area contributed by atoms with Crippen LogP contribution in [-0.4, -0.2) is 13.1 Å². The Labute approximate surface area is 117 Å². The molecule has 0 fully saturated rings. The Morgan fingerprint density at radius 3 is 2.19 bits per heavy atom. The Morgan fingerprint density at radius 1 is 1.05 bits per heavy atom. The van der Waals surface area contributed by atoms with E-state index in [1.165, 1.54) is 24.3 Å². The average molecular weight is 299 g/mol. The van der Waals surface area contributed by atoms with Crippen LogP contribution in [-0.2, 0) is 4.74 Å². The smallest absolute Gasteiger partial charge is 0.339 e. The van der Waals surface area contributed by atoms with E-state index >= 15 is 0 Å². The van der Waals surface area contributed by atoms with Gasteiger partial charge in [-0.05, 0) is 12.1 Å². The molecule has 0 saturated heterocycles. The number of nitrogens with one attached hydrogen (secondary N) is 1. The monoisotopic (exact) mass is 299 g/mol. The minimum atomic E-state index is -1.59. The predicted octanol–water partition coefficient (Wildman–Crippen LogP) is 3.77. The number of carbonyl (C=O) groups excluding carboxylic acids is 1. The maximum Gasteiger partial charge on any atom is 0.339 e. The van der Waals surface area contributed by atoms with E-state index in [-0.39, 0.29) is 17.3 Å². The van der Waals surface area contributed by atoms with E-state index < -0.39 is 34.9 Å². The van der Waals surface area contributed by atoms with Gasteiger partial charge in [-0.1, -0.05) is 12.1 Å². The zero-order valence-electron chi connectivity index (χ0n) is 10.7. The number of anilines is 2. The zero-order chi connectivity index (χ0) is 15.6. The molecule has 0 amide bonds. The largest absolute Gasteiger partial charge is 0.465 e. The van der Waals surface area contributed by atoms with Crippen LogP contribution in [0.3, 0.4) is 0 Å². The molecule has 0 saturated carbocycles. The summed E-state index contributed by atoms with van der Waals surface area (Å²) >= 11 is 0. The van der Waals surface area contributed by atoms with E-state index in [2.05, 4.69) is 10.1 Å². The molecule has 0 aromatic heterocycles. The molecule has 3 nitrogen and oxygen atoms in total. The summed E-state index contributed by atoms with van der Waals surface area (Å²) in [5.74, 6) is -7.04. The number of rotatable bonds is 3. The number of halogens is 4. The molecular weight excluding hydrogens is 290 g/mol. The number of hydrogen-bond donors (Lipinski definition) is 1. The van der Waals surface area contributed by atoms with Crippen molar-refractivity contribution >= 4 is 17.3 Å². The number of benzene rings is 2. The Kier molecular flexibility index (Phi) is 4.11. The van der Waals surface area contributed by atoms with Crippen molar-refractivity contribution in [3.63, 3.8) is 0 Å². The third-order valence-electron chi connectivity index (χ3n) is 2.70. The first kappa shape index (κ1) is 14.8. The summed E-state index contributed by atoms with van der Waals surface area (Å²) in [4.78, 5) is 11.5. The second-order valence-corrected chi connectivity index (χ2v) is 4.01. The molecule has 0 aliphatic rings. The highest BCUT2D eigenvalue weighted by molar-refractivity contribution is 5.96. The van der Waals surface area contributed by atoms with Gasteiger partial charge in [-0.3, -0.25) is 0 Å². The fourth-order valence-corrected chi connectivity index (χ4v) is 1.70. The molecule has 7 heteroatoms. The lowest BCUT2D eigenvalue weighted by atomic mass is 10.1. The number of carbonyl (C=O) groups is 1. The number of para-hydroxylation sites is 1. The summed E-state index contributed by atoms with van der Waals surface area (Å²) < 4.78 is 57.9. The highest BCUT2D eigenvalue weighted by Gasteiger charge is 2.21. The third kappa shape index (κ3) is 2.81. The quantitative estimate of drug-likeness (QED) is 0.532. The summed E-state index contributed by atoms with van der Waals surface area (Å²) in [6.07, 6.45) is 0. The van der Waals surface area contributed by atoms with Crippen LogP contribution in [0.4, 0.5) is 28.9 Å². The van der Waals surface area contributed by atoms with E-state index in [1.54, 1.807) is 0 Å². The summed E-state index contributed by atoms with van der Waals surface area (Å²) in [6.45, 7) is 0. The van der Waals surface area contributed by atoms with Gasteiger partial charge < -0.3 is 10.1 Å². The van der Waals surface area contributed by atoms with Crippen LogP contribution in [0.25, 0.3) is 0 Å². The van der Waals surface area contributed by atoms with Crippen molar-refractivity contribution in [2.24, 2.45) is 0 Å². The first-order valence-electron chi connectivity index (χ1n) is 5.73. The minimum absolute atomic E-state index is 0.0385. The van der Waals surface area contributed by atoms with Gasteiger partial charge in [-0.2, -0.15) is 0 Å². The van der Waals surface area contributed by atoms with Crippen LogP contribution in [0.2, 0.25) is 0 Å². The number of esters is 1. The highest BCUT2D eigenvalue weighted by atomic mass is 19.2. The lowest BCUT2D eigenvalue weighted by Gasteiger charge is -2.12. The molecule has 0 unspecified atom stereocenters. The van der Waals surface area contributed by atoms with Crippen LogP contribution >= 0.6 is 0 Å². The molecule has 2 aromatic rings. The second kappa shape index (κ2) is 5.82. The fraction of sp³-hybridized carbons (Fsp3) is 0.0714. The van der Waals surface area contributed by atoms with Crippen molar-refractivity contribution in [3.8, 4) is 0 Å². The van der Waals surface area contributed by atoms with Crippen molar-refractivity contribution in [2.75, 3.05) is 12.4 Å². The van der Waals surface area contributed by atoms with Crippen molar-refractivity contribution < 1.29 is 27.1 Å². The Bertz CT molecular complexity index is 677. The maximum atomic E-state index is 13.6. The molecule has 0 heterocycles. The van der Waals surface area contributed by atoms with Gasteiger partial charge in [0.1, 0.15) is 5.69 Å². The minimum Gasteiger partial charge on any atom is -0.465 e. The molecule has 0 bridgehead atoms. The summed E-state index contributed by atoms with van der Waals surface area (Å²) in [5, 5.41) is 2.18. The molecule has 110 valence electrons. The average Bonchev–Trinajstić information content (AvgIpc) is 2.49. The van der Waals surface area contributed by atoms with Gasteiger partial charge >= 0.3 is 5.97 Å². The van der Waals surface area contributed by atoms with Crippen molar-refractivity contribution in [3.05, 3.63) is 59.2 Å². The van der Waals surface area contributed by atoms with Crippen LogP contribution in [0.15, 0.2) is 30.3 Å². The fourth-order valence-electron chi connectivity index (χ4n) is 1.70. The van der Waals surface area contributed by atoms with Crippen LogP contribution < -0.4 is 5.32 Å². The predicted molar refractivity (Wildman–Crippen MR) is 67.3 cm³/mol. The third-order valence-corrected chi connectivity index (χ3v) is 2.70. The topological polar surface area (TPSA) is 38.3 Å². The molecule has 0 radical (unpaired) electrons. The lowest BCUT2D eigenvalue weighted by molar-refractivity contribution is 0.0602. The van der Waals surface area contributed by atoms with Gasteiger partial charge in [-0.25, -0.2) is 22.4 Å². The molecule has 0 spiro atoms. The molecule has 1 N–H and O–H groups in total. The molecule has 2 rings (SSSR count). The van der Waals surface area contributed by atoms with Crippen LogP contribution in [0.1, 0.15) is 10.4 Å². The standard InChI is InChI=1S/C14H9F4NO2/c1-21-14(20)7-4-2-3-5-10(7)19-13-11(17)8(15)6-9(16)12(13)18/h2-6,19H,1H3. The van der Waals surface area contributed by atoms with Crippen molar-refractivity contribution in [2.45, 2.75) is 0 Å². The zero-order valence-corrected chi connectivity index (χ0v) is 10.7. The van der Waals surface area contributed by atoms with Crippen LogP contribution in [0, 0.1) is 23.3 Å². The molecule has 2 aromatic carbocycles. The van der Waals surface area contributed by atoms with Gasteiger partial charge in [0.2, 0.25) is 0 Å². The number of methoxy groups -OCH3 is 1.